The summed E-state index contributed by atoms with van der Waals surface area (Å²) in [7, 11) is 0. The van der Waals surface area contributed by atoms with Gasteiger partial charge in [0.25, 0.3) is 0 Å². The van der Waals surface area contributed by atoms with Crippen molar-refractivity contribution in [2.75, 3.05) is 55.6 Å². The number of hydrogen-bond acceptors (Lipinski definition) is 10. The van der Waals surface area contributed by atoms with Crippen molar-refractivity contribution in [1.82, 2.24) is 19.9 Å². The minimum atomic E-state index is -0.413. The SMILES string of the molecule is CC1CCC(=O)CC1=O.CC=O.Cc1ccncc1-c1ccc(-c2ccc(N3CCC(CCN4CCN(c5ccc(C(C)O)c(C)c5)CC4)CC3)nc2)nc1C. The summed E-state index contributed by atoms with van der Waals surface area (Å²) in [6.45, 7) is 19.1. The number of aliphatic hydroxyl groups excluding tert-OH is 1. The summed E-state index contributed by atoms with van der Waals surface area (Å²) < 4.78 is 0. The van der Waals surface area contributed by atoms with Crippen LogP contribution in [0, 0.1) is 32.6 Å². The van der Waals surface area contributed by atoms with Crippen molar-refractivity contribution in [3.63, 3.8) is 0 Å². The average molecular weight is 761 g/mol. The van der Waals surface area contributed by atoms with Crippen LogP contribution in [0.5, 0.6) is 0 Å². The van der Waals surface area contributed by atoms with E-state index in [4.69, 9.17) is 14.8 Å². The smallest absolute Gasteiger partial charge is 0.143 e. The fourth-order valence-electron chi connectivity index (χ4n) is 7.84. The summed E-state index contributed by atoms with van der Waals surface area (Å²) in [5.74, 6) is 2.21. The Morgan fingerprint density at radius 2 is 1.59 bits per heavy atom. The third-order valence-electron chi connectivity index (χ3n) is 11.5. The Bertz CT molecular complexity index is 1910. The fraction of sp³-hybridized carbons (Fsp3) is 0.478. The van der Waals surface area contributed by atoms with E-state index in [1.54, 1.807) is 0 Å². The molecule has 2 saturated heterocycles. The van der Waals surface area contributed by atoms with E-state index in [9.17, 15) is 14.7 Å². The normalized spacial score (nSPS) is 18.4. The number of hydrogen-bond donors (Lipinski definition) is 1. The molecule has 3 fully saturated rings. The molecule has 10 heteroatoms. The molecule has 1 aromatic carbocycles. The van der Waals surface area contributed by atoms with E-state index >= 15 is 0 Å². The predicted molar refractivity (Wildman–Crippen MR) is 225 cm³/mol. The first-order valence-electron chi connectivity index (χ1n) is 20.3. The molecule has 3 aromatic heterocycles. The average Bonchev–Trinajstić information content (AvgIpc) is 3.20. The van der Waals surface area contributed by atoms with Gasteiger partial charge >= 0.3 is 0 Å². The van der Waals surface area contributed by atoms with Crippen molar-refractivity contribution in [3.05, 3.63) is 89.5 Å². The highest BCUT2D eigenvalue weighted by molar-refractivity contribution is 6.02. The van der Waals surface area contributed by atoms with E-state index in [0.29, 0.717) is 6.42 Å². The Morgan fingerprint density at radius 1 is 0.857 bits per heavy atom. The quantitative estimate of drug-likeness (QED) is 0.141. The lowest BCUT2D eigenvalue weighted by Crippen LogP contribution is -2.47. The van der Waals surface area contributed by atoms with E-state index in [2.05, 4.69) is 82.9 Å². The second-order valence-corrected chi connectivity index (χ2v) is 15.5. The van der Waals surface area contributed by atoms with Crippen LogP contribution in [-0.2, 0) is 14.4 Å². The molecule has 1 saturated carbocycles. The fourth-order valence-corrected chi connectivity index (χ4v) is 7.84. The second-order valence-electron chi connectivity index (χ2n) is 15.5. The molecule has 2 aliphatic heterocycles. The molecule has 0 radical (unpaired) electrons. The number of piperidine rings is 1. The van der Waals surface area contributed by atoms with E-state index in [-0.39, 0.29) is 23.9 Å². The van der Waals surface area contributed by atoms with Gasteiger partial charge in [-0.1, -0.05) is 19.1 Å². The number of anilines is 2. The minimum absolute atomic E-state index is 0.109. The molecule has 7 rings (SSSR count). The highest BCUT2D eigenvalue weighted by Gasteiger charge is 2.24. The third kappa shape index (κ3) is 11.4. The van der Waals surface area contributed by atoms with Gasteiger partial charge in [0, 0.05) is 98.3 Å². The first-order valence-corrected chi connectivity index (χ1v) is 20.3. The number of carbonyl (C=O) groups excluding carboxylic acids is 3. The van der Waals surface area contributed by atoms with E-state index < -0.39 is 6.10 Å². The van der Waals surface area contributed by atoms with Crippen molar-refractivity contribution < 1.29 is 19.5 Å². The number of aliphatic hydroxyl groups is 1. The summed E-state index contributed by atoms with van der Waals surface area (Å²) in [6.07, 6.45) is 11.3. The monoisotopic (exact) mass is 760 g/mol. The zero-order chi connectivity index (χ0) is 40.2. The Labute approximate surface area is 333 Å². The van der Waals surface area contributed by atoms with Crippen LogP contribution >= 0.6 is 0 Å². The Kier molecular flexibility index (Phi) is 15.4. The zero-order valence-electron chi connectivity index (χ0n) is 34.2. The Morgan fingerprint density at radius 3 is 2.18 bits per heavy atom. The number of nitrogens with zero attached hydrogens (tertiary/aromatic N) is 6. The summed E-state index contributed by atoms with van der Waals surface area (Å²) in [5, 5.41) is 9.95. The van der Waals surface area contributed by atoms with Crippen molar-refractivity contribution in [2.24, 2.45) is 11.8 Å². The van der Waals surface area contributed by atoms with Crippen LogP contribution < -0.4 is 9.80 Å². The van der Waals surface area contributed by atoms with Gasteiger partial charge in [0.15, 0.2) is 0 Å². The first-order chi connectivity index (χ1) is 27.0. The molecule has 298 valence electrons. The number of piperazine rings is 1. The van der Waals surface area contributed by atoms with Gasteiger partial charge in [-0.3, -0.25) is 24.5 Å². The van der Waals surface area contributed by atoms with Crippen LogP contribution in [0.3, 0.4) is 0 Å². The molecule has 1 N–H and O–H groups in total. The zero-order valence-corrected chi connectivity index (χ0v) is 34.2. The van der Waals surface area contributed by atoms with E-state index in [1.807, 2.05) is 38.5 Å². The summed E-state index contributed by atoms with van der Waals surface area (Å²) >= 11 is 0. The van der Waals surface area contributed by atoms with Gasteiger partial charge in [-0.05, 0) is 126 Å². The highest BCUT2D eigenvalue weighted by Crippen LogP contribution is 2.30. The van der Waals surface area contributed by atoms with Gasteiger partial charge in [0.1, 0.15) is 23.7 Å². The highest BCUT2D eigenvalue weighted by atomic mass is 16.3. The van der Waals surface area contributed by atoms with Crippen LogP contribution in [0.1, 0.15) is 87.8 Å². The molecule has 2 atom stereocenters. The molecule has 1 aliphatic carbocycles. The van der Waals surface area contributed by atoms with Crippen LogP contribution in [0.15, 0.2) is 67.1 Å². The molecular weight excluding hydrogens is 701 g/mol. The summed E-state index contributed by atoms with van der Waals surface area (Å²) in [6, 6.07) is 17.1. The molecule has 0 spiro atoms. The molecule has 10 nitrogen and oxygen atoms in total. The van der Waals surface area contributed by atoms with Crippen molar-refractivity contribution in [2.45, 2.75) is 86.2 Å². The molecular formula is C46H60N6O4. The minimum Gasteiger partial charge on any atom is -0.389 e. The molecule has 3 aliphatic rings. The lowest BCUT2D eigenvalue weighted by molar-refractivity contribution is -0.132. The summed E-state index contributed by atoms with van der Waals surface area (Å²) in [5.41, 5.74) is 9.95. The topological polar surface area (TPSA) is 120 Å². The number of ketones is 2. The number of Topliss-reactive ketones (excluding diaryl/α,β-unsaturated/α-hetero) is 2. The first kappa shape index (κ1) is 42.3. The molecule has 0 amide bonds. The molecule has 0 bridgehead atoms. The van der Waals surface area contributed by atoms with E-state index in [1.165, 1.54) is 49.5 Å². The number of pyridine rings is 3. The third-order valence-corrected chi connectivity index (χ3v) is 11.5. The Balaban J connectivity index is 0.000000431. The van der Waals surface area contributed by atoms with Crippen LogP contribution in [0.2, 0.25) is 0 Å². The van der Waals surface area contributed by atoms with Gasteiger partial charge in [0.05, 0.1) is 18.2 Å². The van der Waals surface area contributed by atoms with Crippen LogP contribution in [0.4, 0.5) is 11.5 Å². The van der Waals surface area contributed by atoms with Gasteiger partial charge in [-0.15, -0.1) is 0 Å². The van der Waals surface area contributed by atoms with Gasteiger partial charge in [-0.25, -0.2) is 4.98 Å². The molecule has 5 heterocycles. The van der Waals surface area contributed by atoms with E-state index in [0.717, 1.165) is 97.4 Å². The lowest BCUT2D eigenvalue weighted by atomic mass is 9.89. The van der Waals surface area contributed by atoms with Crippen LogP contribution in [0.25, 0.3) is 22.4 Å². The number of aromatic nitrogens is 3. The maximum Gasteiger partial charge on any atom is 0.143 e. The van der Waals surface area contributed by atoms with Gasteiger partial charge in [0.2, 0.25) is 0 Å². The number of aldehydes is 1. The van der Waals surface area contributed by atoms with Crippen molar-refractivity contribution in [1.29, 1.82) is 0 Å². The molecule has 56 heavy (non-hydrogen) atoms. The predicted octanol–water partition coefficient (Wildman–Crippen LogP) is 7.76. The molecule has 2 unspecified atom stereocenters. The maximum atomic E-state index is 10.8. The van der Waals surface area contributed by atoms with Crippen LogP contribution in [-0.4, -0.2) is 88.6 Å². The molecule has 4 aromatic rings. The van der Waals surface area contributed by atoms with Gasteiger partial charge in [-0.2, -0.15) is 0 Å². The second kappa shape index (κ2) is 20.4. The summed E-state index contributed by atoms with van der Waals surface area (Å²) in [4.78, 5) is 51.8. The number of carbonyl (C=O) groups is 3. The van der Waals surface area contributed by atoms with Gasteiger partial charge < -0.3 is 19.7 Å². The lowest BCUT2D eigenvalue weighted by Gasteiger charge is -2.38. The number of rotatable bonds is 8. The van der Waals surface area contributed by atoms with Crippen molar-refractivity contribution >= 4 is 29.4 Å². The largest absolute Gasteiger partial charge is 0.389 e. The Hall–Kier alpha value is -4.80. The number of aryl methyl sites for hydroxylation is 3. The maximum absolute atomic E-state index is 10.8. The van der Waals surface area contributed by atoms with Crippen molar-refractivity contribution in [3.8, 4) is 22.4 Å². The standard InChI is InChI=1S/C37H46N6O.C7H10O2.C2H4O/c1-26-11-15-38-25-35(26)34-8-9-36(40-28(34)3)31-5-10-37(39-24-31)43-17-13-30(14-18-43)12-16-41-19-21-42(22-20-41)32-6-7-33(29(4)44)27(2)23-32;1-5-2-3-6(8)4-7(5)9;1-2-3/h5-11,15,23-25,29-30,44H,12-14,16-22H2,1-4H3;5H,2-4H2,1H3;2H,1H3. The number of benzene rings is 1.